The summed E-state index contributed by atoms with van der Waals surface area (Å²) in [5.41, 5.74) is 0. The van der Waals surface area contributed by atoms with E-state index in [0.717, 1.165) is 11.8 Å². The van der Waals surface area contributed by atoms with Crippen LogP contribution in [0.2, 0.25) is 0 Å². The molecule has 0 aromatic carbocycles. The van der Waals surface area contributed by atoms with Gasteiger partial charge in [0.1, 0.15) is 0 Å². The number of rotatable bonds is 3. The van der Waals surface area contributed by atoms with E-state index in [9.17, 15) is 13.6 Å². The standard InChI is InChI=1S/C8H15F2NO2/c1-6(2)13-7(12)11(4)5-8(3,9)10/h6H,5H2,1-4H3. The molecule has 5 heteroatoms. The molecule has 0 saturated carbocycles. The van der Waals surface area contributed by atoms with E-state index < -0.39 is 18.6 Å². The van der Waals surface area contributed by atoms with Crippen molar-refractivity contribution in [3.05, 3.63) is 0 Å². The lowest BCUT2D eigenvalue weighted by molar-refractivity contribution is -0.0124. The fraction of sp³-hybridized carbons (Fsp3) is 0.875. The fourth-order valence-corrected chi connectivity index (χ4v) is 0.773. The molecule has 0 unspecified atom stereocenters. The van der Waals surface area contributed by atoms with Gasteiger partial charge in [0.2, 0.25) is 0 Å². The maximum atomic E-state index is 12.4. The van der Waals surface area contributed by atoms with Gasteiger partial charge in [-0.15, -0.1) is 0 Å². The van der Waals surface area contributed by atoms with Gasteiger partial charge in [-0.1, -0.05) is 0 Å². The first kappa shape index (κ1) is 12.1. The molecule has 0 rings (SSSR count). The molecule has 0 fully saturated rings. The number of carbonyl (C=O) groups excluding carboxylic acids is 1. The van der Waals surface area contributed by atoms with Crippen molar-refractivity contribution in [2.45, 2.75) is 32.8 Å². The number of carbonyl (C=O) groups is 1. The van der Waals surface area contributed by atoms with Gasteiger partial charge in [0.15, 0.2) is 0 Å². The smallest absolute Gasteiger partial charge is 0.409 e. The molecule has 0 aromatic heterocycles. The summed E-state index contributed by atoms with van der Waals surface area (Å²) in [4.78, 5) is 11.9. The quantitative estimate of drug-likeness (QED) is 0.690. The number of nitrogens with zero attached hydrogens (tertiary/aromatic N) is 1. The minimum atomic E-state index is -2.88. The highest BCUT2D eigenvalue weighted by Gasteiger charge is 2.26. The summed E-state index contributed by atoms with van der Waals surface area (Å²) < 4.78 is 29.6. The maximum absolute atomic E-state index is 12.4. The number of amides is 1. The third-order valence-electron chi connectivity index (χ3n) is 1.16. The fourth-order valence-electron chi connectivity index (χ4n) is 0.773. The molecule has 0 atom stereocenters. The van der Waals surface area contributed by atoms with E-state index in [1.165, 1.54) is 7.05 Å². The van der Waals surface area contributed by atoms with Gasteiger partial charge in [0, 0.05) is 14.0 Å². The minimum Gasteiger partial charge on any atom is -0.447 e. The summed E-state index contributed by atoms with van der Waals surface area (Å²) in [7, 11) is 1.28. The van der Waals surface area contributed by atoms with Crippen LogP contribution >= 0.6 is 0 Å². The van der Waals surface area contributed by atoms with Gasteiger partial charge in [0.05, 0.1) is 12.6 Å². The Morgan fingerprint density at radius 2 is 2.00 bits per heavy atom. The van der Waals surface area contributed by atoms with E-state index in [0.29, 0.717) is 0 Å². The Morgan fingerprint density at radius 1 is 1.54 bits per heavy atom. The SMILES string of the molecule is CC(C)OC(=O)N(C)CC(C)(F)F. The Balaban J connectivity index is 3.97. The van der Waals surface area contributed by atoms with Crippen molar-refractivity contribution >= 4 is 6.09 Å². The Hall–Kier alpha value is -0.870. The average molecular weight is 195 g/mol. The largest absolute Gasteiger partial charge is 0.447 e. The van der Waals surface area contributed by atoms with Crippen LogP contribution in [0.5, 0.6) is 0 Å². The van der Waals surface area contributed by atoms with E-state index in [1.54, 1.807) is 13.8 Å². The lowest BCUT2D eigenvalue weighted by atomic mass is 10.4. The highest BCUT2D eigenvalue weighted by molar-refractivity contribution is 5.67. The minimum absolute atomic E-state index is 0.291. The summed E-state index contributed by atoms with van der Waals surface area (Å²) in [6.45, 7) is 3.45. The summed E-state index contributed by atoms with van der Waals surface area (Å²) in [5, 5.41) is 0. The van der Waals surface area contributed by atoms with E-state index in [1.807, 2.05) is 0 Å². The number of hydrogen-bond donors (Lipinski definition) is 0. The summed E-state index contributed by atoms with van der Waals surface area (Å²) in [5.74, 6) is -2.88. The summed E-state index contributed by atoms with van der Waals surface area (Å²) in [6.07, 6.45) is -1.02. The van der Waals surface area contributed by atoms with Gasteiger partial charge >= 0.3 is 6.09 Å². The molecule has 0 aromatic rings. The number of halogens is 2. The van der Waals surface area contributed by atoms with Crippen molar-refractivity contribution in [3.63, 3.8) is 0 Å². The number of hydrogen-bond acceptors (Lipinski definition) is 2. The van der Waals surface area contributed by atoms with Crippen LogP contribution in [0.4, 0.5) is 13.6 Å². The Labute approximate surface area is 76.7 Å². The Bertz CT molecular complexity index is 177. The predicted molar refractivity (Wildman–Crippen MR) is 44.9 cm³/mol. The zero-order chi connectivity index (χ0) is 10.6. The second kappa shape index (κ2) is 4.39. The van der Waals surface area contributed by atoms with Crippen molar-refractivity contribution in [3.8, 4) is 0 Å². The number of alkyl halides is 2. The molecule has 0 saturated heterocycles. The lowest BCUT2D eigenvalue weighted by Crippen LogP contribution is -2.37. The van der Waals surface area contributed by atoms with Crippen molar-refractivity contribution in [1.82, 2.24) is 4.90 Å². The first-order chi connectivity index (χ1) is 5.72. The molecule has 0 radical (unpaired) electrons. The van der Waals surface area contributed by atoms with Crippen LogP contribution in [-0.4, -0.2) is 36.6 Å². The average Bonchev–Trinajstić information content (AvgIpc) is 1.81. The van der Waals surface area contributed by atoms with Crippen molar-refractivity contribution < 1.29 is 18.3 Å². The third kappa shape index (κ3) is 6.31. The van der Waals surface area contributed by atoms with E-state index >= 15 is 0 Å². The molecular formula is C8H15F2NO2. The molecule has 0 N–H and O–H groups in total. The van der Waals surface area contributed by atoms with Gasteiger partial charge in [-0.3, -0.25) is 0 Å². The summed E-state index contributed by atoms with van der Waals surface area (Å²) in [6, 6.07) is 0. The molecule has 78 valence electrons. The molecule has 0 aliphatic rings. The van der Waals surface area contributed by atoms with Crippen molar-refractivity contribution in [2.75, 3.05) is 13.6 Å². The lowest BCUT2D eigenvalue weighted by Gasteiger charge is -2.21. The molecule has 0 aliphatic carbocycles. The highest BCUT2D eigenvalue weighted by Crippen LogP contribution is 2.13. The van der Waals surface area contributed by atoms with E-state index in [4.69, 9.17) is 4.74 Å². The van der Waals surface area contributed by atoms with E-state index in [2.05, 4.69) is 0 Å². The topological polar surface area (TPSA) is 29.5 Å². The summed E-state index contributed by atoms with van der Waals surface area (Å²) >= 11 is 0. The van der Waals surface area contributed by atoms with Gasteiger partial charge < -0.3 is 9.64 Å². The molecule has 1 amide bonds. The van der Waals surface area contributed by atoms with Crippen molar-refractivity contribution in [1.29, 1.82) is 0 Å². The molecule has 3 nitrogen and oxygen atoms in total. The van der Waals surface area contributed by atoms with Crippen molar-refractivity contribution in [2.24, 2.45) is 0 Å². The van der Waals surface area contributed by atoms with Crippen LogP contribution < -0.4 is 0 Å². The predicted octanol–water partition coefficient (Wildman–Crippen LogP) is 2.12. The molecule has 13 heavy (non-hydrogen) atoms. The third-order valence-corrected chi connectivity index (χ3v) is 1.16. The van der Waals surface area contributed by atoms with Gasteiger partial charge in [-0.2, -0.15) is 0 Å². The molecule has 0 aliphatic heterocycles. The molecule has 0 bridgehead atoms. The monoisotopic (exact) mass is 195 g/mol. The highest BCUT2D eigenvalue weighted by atomic mass is 19.3. The molecule has 0 spiro atoms. The van der Waals surface area contributed by atoms with Gasteiger partial charge in [-0.25, -0.2) is 13.6 Å². The van der Waals surface area contributed by atoms with Crippen LogP contribution in [0.25, 0.3) is 0 Å². The van der Waals surface area contributed by atoms with Gasteiger partial charge in [-0.05, 0) is 13.8 Å². The van der Waals surface area contributed by atoms with Crippen LogP contribution in [0.3, 0.4) is 0 Å². The zero-order valence-corrected chi connectivity index (χ0v) is 8.30. The second-order valence-corrected chi connectivity index (χ2v) is 3.36. The van der Waals surface area contributed by atoms with Crippen LogP contribution in [0.1, 0.15) is 20.8 Å². The van der Waals surface area contributed by atoms with E-state index in [-0.39, 0.29) is 6.10 Å². The first-order valence-electron chi connectivity index (χ1n) is 4.02. The Morgan fingerprint density at radius 3 is 2.31 bits per heavy atom. The normalized spacial score (nSPS) is 11.6. The number of ether oxygens (including phenoxy) is 1. The first-order valence-corrected chi connectivity index (χ1v) is 4.02. The Kier molecular flexibility index (Phi) is 4.10. The van der Waals surface area contributed by atoms with Crippen LogP contribution in [0.15, 0.2) is 0 Å². The van der Waals surface area contributed by atoms with Gasteiger partial charge in [0.25, 0.3) is 5.92 Å². The molecule has 0 heterocycles. The second-order valence-electron chi connectivity index (χ2n) is 3.36. The van der Waals surface area contributed by atoms with Crippen LogP contribution in [0, 0.1) is 0 Å². The zero-order valence-electron chi connectivity index (χ0n) is 8.30. The maximum Gasteiger partial charge on any atom is 0.409 e. The molecular weight excluding hydrogens is 180 g/mol. The van der Waals surface area contributed by atoms with Crippen LogP contribution in [-0.2, 0) is 4.74 Å².